The third-order valence-electron chi connectivity index (χ3n) is 3.40. The molecule has 0 radical (unpaired) electrons. The number of rotatable bonds is 4. The summed E-state index contributed by atoms with van der Waals surface area (Å²) in [6.07, 6.45) is 6.54. The van der Waals surface area contributed by atoms with Gasteiger partial charge >= 0.3 is 0 Å². The Kier molecular flexibility index (Phi) is 3.96. The van der Waals surface area contributed by atoms with Crippen LogP contribution in [0, 0.1) is 5.92 Å². The Morgan fingerprint density at radius 3 is 3.12 bits per heavy atom. The van der Waals surface area contributed by atoms with E-state index in [9.17, 15) is 0 Å². The Hall–Kier alpha value is -0.870. The molecule has 0 spiro atoms. The van der Waals surface area contributed by atoms with E-state index >= 15 is 0 Å². The lowest BCUT2D eigenvalue weighted by molar-refractivity contribution is 0.164. The smallest absolute Gasteiger partial charge is 0.0945 e. The van der Waals surface area contributed by atoms with Crippen LogP contribution in [0.1, 0.15) is 18.5 Å². The summed E-state index contributed by atoms with van der Waals surface area (Å²) in [4.78, 5) is 6.71. The highest BCUT2D eigenvalue weighted by Gasteiger charge is 2.19. The van der Waals surface area contributed by atoms with Crippen LogP contribution in [0.15, 0.2) is 12.5 Å². The number of imidazole rings is 1. The van der Waals surface area contributed by atoms with Gasteiger partial charge in [0.1, 0.15) is 0 Å². The number of aromatic nitrogens is 2. The van der Waals surface area contributed by atoms with E-state index in [1.54, 1.807) is 0 Å². The Bertz CT molecular complexity index is 319. The predicted molar refractivity (Wildman–Crippen MR) is 65.1 cm³/mol. The molecule has 0 saturated carbocycles. The fourth-order valence-corrected chi connectivity index (χ4v) is 2.52. The van der Waals surface area contributed by atoms with Gasteiger partial charge in [0.25, 0.3) is 0 Å². The van der Waals surface area contributed by atoms with E-state index < -0.39 is 0 Å². The summed E-state index contributed by atoms with van der Waals surface area (Å²) in [5.41, 5.74) is 1.31. The molecule has 1 aromatic heterocycles. The lowest BCUT2D eigenvalue weighted by Gasteiger charge is -2.32. The largest absolute Gasteiger partial charge is 0.337 e. The molecule has 1 unspecified atom stereocenters. The summed E-state index contributed by atoms with van der Waals surface area (Å²) >= 11 is 0. The second-order valence-electron chi connectivity index (χ2n) is 4.80. The van der Waals surface area contributed by atoms with E-state index in [0.29, 0.717) is 0 Å². The first kappa shape index (κ1) is 11.6. The molecule has 0 aliphatic carbocycles. The first-order valence-electron chi connectivity index (χ1n) is 6.11. The van der Waals surface area contributed by atoms with Gasteiger partial charge in [-0.1, -0.05) is 0 Å². The van der Waals surface area contributed by atoms with Crippen molar-refractivity contribution in [3.05, 3.63) is 18.2 Å². The highest BCUT2D eigenvalue weighted by Crippen LogP contribution is 2.17. The van der Waals surface area contributed by atoms with Crippen molar-refractivity contribution in [1.29, 1.82) is 0 Å². The van der Waals surface area contributed by atoms with Gasteiger partial charge in [0.05, 0.1) is 12.0 Å². The first-order valence-corrected chi connectivity index (χ1v) is 6.11. The van der Waals surface area contributed by atoms with E-state index in [-0.39, 0.29) is 0 Å². The third kappa shape index (κ3) is 2.83. The fraction of sp³-hybridized carbons (Fsp3) is 0.750. The van der Waals surface area contributed by atoms with Crippen molar-refractivity contribution >= 4 is 0 Å². The summed E-state index contributed by atoms with van der Waals surface area (Å²) in [5, 5.41) is 3.28. The van der Waals surface area contributed by atoms with Crippen LogP contribution in [0.4, 0.5) is 0 Å². The molecule has 4 nitrogen and oxygen atoms in total. The first-order chi connectivity index (χ1) is 7.79. The third-order valence-corrected chi connectivity index (χ3v) is 3.40. The normalized spacial score (nSPS) is 22.5. The summed E-state index contributed by atoms with van der Waals surface area (Å²) < 4.78 is 2.11. The zero-order valence-corrected chi connectivity index (χ0v) is 10.3. The van der Waals surface area contributed by atoms with Gasteiger partial charge in [0.15, 0.2) is 0 Å². The van der Waals surface area contributed by atoms with Crippen molar-refractivity contribution in [2.75, 3.05) is 26.7 Å². The van der Waals surface area contributed by atoms with Crippen LogP contribution in [-0.4, -0.2) is 41.1 Å². The van der Waals surface area contributed by atoms with Crippen LogP contribution in [0.5, 0.6) is 0 Å². The number of piperidine rings is 1. The van der Waals surface area contributed by atoms with Gasteiger partial charge in [0, 0.05) is 26.3 Å². The minimum atomic E-state index is 0.812. The quantitative estimate of drug-likeness (QED) is 0.820. The average molecular weight is 222 g/mol. The van der Waals surface area contributed by atoms with E-state index in [1.807, 2.05) is 19.6 Å². The Morgan fingerprint density at radius 2 is 2.44 bits per heavy atom. The molecule has 1 saturated heterocycles. The maximum atomic E-state index is 4.17. The van der Waals surface area contributed by atoms with Crippen molar-refractivity contribution in [1.82, 2.24) is 19.8 Å². The van der Waals surface area contributed by atoms with Crippen molar-refractivity contribution in [3.63, 3.8) is 0 Å². The minimum absolute atomic E-state index is 0.812. The van der Waals surface area contributed by atoms with Gasteiger partial charge in [-0.2, -0.15) is 0 Å². The number of aryl methyl sites for hydroxylation is 1. The molecule has 4 heteroatoms. The Morgan fingerprint density at radius 1 is 1.56 bits per heavy atom. The molecular weight excluding hydrogens is 200 g/mol. The number of nitrogens with zero attached hydrogens (tertiary/aromatic N) is 3. The fourth-order valence-electron chi connectivity index (χ4n) is 2.52. The molecule has 1 atom stereocenters. The van der Waals surface area contributed by atoms with Crippen LogP contribution in [0.2, 0.25) is 0 Å². The van der Waals surface area contributed by atoms with Gasteiger partial charge in [-0.25, -0.2) is 4.98 Å². The van der Waals surface area contributed by atoms with Crippen LogP contribution in [0.25, 0.3) is 0 Å². The number of likely N-dealkylation sites (tertiary alicyclic amines) is 1. The number of hydrogen-bond donors (Lipinski definition) is 1. The molecule has 1 N–H and O–H groups in total. The van der Waals surface area contributed by atoms with Crippen molar-refractivity contribution in [2.45, 2.75) is 19.4 Å². The second-order valence-corrected chi connectivity index (χ2v) is 4.80. The number of nitrogens with one attached hydrogen (secondary N) is 1. The topological polar surface area (TPSA) is 33.1 Å². The maximum absolute atomic E-state index is 4.17. The zero-order valence-electron chi connectivity index (χ0n) is 10.3. The lowest BCUT2D eigenvalue weighted by atomic mass is 9.98. The van der Waals surface area contributed by atoms with E-state index in [2.05, 4.69) is 26.8 Å². The highest BCUT2D eigenvalue weighted by atomic mass is 15.2. The van der Waals surface area contributed by atoms with Crippen LogP contribution in [0.3, 0.4) is 0 Å². The van der Waals surface area contributed by atoms with Gasteiger partial charge in [0.2, 0.25) is 0 Å². The van der Waals surface area contributed by atoms with E-state index in [1.165, 1.54) is 31.6 Å². The number of hydrogen-bond acceptors (Lipinski definition) is 3. The van der Waals surface area contributed by atoms with Gasteiger partial charge < -0.3 is 9.88 Å². The molecule has 0 aromatic carbocycles. The molecule has 1 aromatic rings. The standard InChI is InChI=1S/C12H22N4/c1-13-6-11-4-3-5-16(8-11)9-12-7-14-10-15(12)2/h7,10-11,13H,3-6,8-9H2,1-2H3. The molecule has 16 heavy (non-hydrogen) atoms. The van der Waals surface area contributed by atoms with E-state index in [4.69, 9.17) is 0 Å². The van der Waals surface area contributed by atoms with Gasteiger partial charge in [-0.3, -0.25) is 4.90 Å². The molecule has 0 amide bonds. The Labute approximate surface area is 97.7 Å². The molecule has 2 rings (SSSR count). The lowest BCUT2D eigenvalue weighted by Crippen LogP contribution is -2.38. The Balaban J connectivity index is 1.88. The zero-order chi connectivity index (χ0) is 11.4. The highest BCUT2D eigenvalue weighted by molar-refractivity contribution is 4.97. The van der Waals surface area contributed by atoms with Crippen molar-refractivity contribution < 1.29 is 0 Å². The molecule has 1 aliphatic heterocycles. The van der Waals surface area contributed by atoms with Gasteiger partial charge in [-0.15, -0.1) is 0 Å². The van der Waals surface area contributed by atoms with Crippen LogP contribution in [-0.2, 0) is 13.6 Å². The second kappa shape index (κ2) is 5.46. The molecule has 1 aliphatic rings. The maximum Gasteiger partial charge on any atom is 0.0945 e. The summed E-state index contributed by atoms with van der Waals surface area (Å²) in [5.74, 6) is 0.812. The van der Waals surface area contributed by atoms with Gasteiger partial charge in [-0.05, 0) is 38.9 Å². The molecule has 2 heterocycles. The minimum Gasteiger partial charge on any atom is -0.337 e. The monoisotopic (exact) mass is 222 g/mol. The predicted octanol–water partition coefficient (Wildman–Crippen LogP) is 0.851. The van der Waals surface area contributed by atoms with Crippen LogP contribution < -0.4 is 5.32 Å². The van der Waals surface area contributed by atoms with Crippen molar-refractivity contribution in [2.24, 2.45) is 13.0 Å². The molecule has 0 bridgehead atoms. The van der Waals surface area contributed by atoms with Crippen LogP contribution >= 0.6 is 0 Å². The molecule has 1 fully saturated rings. The average Bonchev–Trinajstić information content (AvgIpc) is 2.66. The van der Waals surface area contributed by atoms with Crippen molar-refractivity contribution in [3.8, 4) is 0 Å². The molecular formula is C12H22N4. The SMILES string of the molecule is CNCC1CCCN(Cc2cncn2C)C1. The summed E-state index contributed by atoms with van der Waals surface area (Å²) in [6.45, 7) is 4.62. The summed E-state index contributed by atoms with van der Waals surface area (Å²) in [7, 11) is 4.11. The van der Waals surface area contributed by atoms with E-state index in [0.717, 1.165) is 19.0 Å². The summed E-state index contributed by atoms with van der Waals surface area (Å²) in [6, 6.07) is 0. The molecule has 90 valence electrons.